The zero-order chi connectivity index (χ0) is 6.41. The van der Waals surface area contributed by atoms with Crippen molar-refractivity contribution in [2.24, 2.45) is 0 Å². The Bertz CT molecular complexity index is 45.7. The minimum atomic E-state index is -0.109. The Labute approximate surface area is 53.0 Å². The summed E-state index contributed by atoms with van der Waals surface area (Å²) in [7, 11) is 3.27. The van der Waals surface area contributed by atoms with E-state index in [0.29, 0.717) is 0 Å². The maximum Gasteiger partial charge on any atom is 0.134 e. The van der Waals surface area contributed by atoms with Crippen LogP contribution in [0.2, 0.25) is 6.04 Å². The standard InChI is InChI=1S/C5H14O2Si/c1-4-8-5(6-2)7-3/h5H,4,8H2,1-3H3. The van der Waals surface area contributed by atoms with Gasteiger partial charge in [-0.1, -0.05) is 13.0 Å². The maximum absolute atomic E-state index is 4.98. The molecule has 0 unspecified atom stereocenters. The van der Waals surface area contributed by atoms with E-state index in [1.54, 1.807) is 14.2 Å². The third-order valence-electron chi connectivity index (χ3n) is 1.05. The summed E-state index contributed by atoms with van der Waals surface area (Å²) in [5.41, 5.74) is 0. The quantitative estimate of drug-likeness (QED) is 0.403. The van der Waals surface area contributed by atoms with Crippen LogP contribution < -0.4 is 0 Å². The number of hydrogen-bond donors (Lipinski definition) is 0. The first-order valence-electron chi connectivity index (χ1n) is 2.90. The molecule has 50 valence electrons. The number of rotatable bonds is 4. The first kappa shape index (κ1) is 8.14. The Balaban J connectivity index is 3.07. The van der Waals surface area contributed by atoms with E-state index in [1.807, 2.05) is 0 Å². The van der Waals surface area contributed by atoms with E-state index in [0.717, 1.165) is 0 Å². The highest BCUT2D eigenvalue weighted by Gasteiger charge is 2.00. The summed E-state index contributed by atoms with van der Waals surface area (Å²) in [6, 6.07) is 1.24. The molecule has 0 aliphatic heterocycles. The normalized spacial score (nSPS) is 12.0. The highest BCUT2D eigenvalue weighted by molar-refractivity contribution is 6.36. The highest BCUT2D eigenvalue weighted by atomic mass is 28.2. The van der Waals surface area contributed by atoms with Gasteiger partial charge in [-0.15, -0.1) is 0 Å². The molecular weight excluding hydrogens is 120 g/mol. The summed E-state index contributed by atoms with van der Waals surface area (Å²) in [5, 5.41) is 0. The van der Waals surface area contributed by atoms with Gasteiger partial charge in [0.2, 0.25) is 0 Å². The molecule has 2 nitrogen and oxygen atoms in total. The van der Waals surface area contributed by atoms with Crippen LogP contribution in [0.25, 0.3) is 0 Å². The van der Waals surface area contributed by atoms with Gasteiger partial charge in [-0.2, -0.15) is 0 Å². The van der Waals surface area contributed by atoms with Crippen LogP contribution in [0.15, 0.2) is 0 Å². The molecule has 0 aliphatic carbocycles. The first-order valence-corrected chi connectivity index (χ1v) is 4.72. The number of ether oxygens (including phenoxy) is 2. The van der Waals surface area contributed by atoms with E-state index in [-0.39, 0.29) is 15.4 Å². The molecule has 0 saturated heterocycles. The summed E-state index contributed by atoms with van der Waals surface area (Å²) < 4.78 is 9.96. The Kier molecular flexibility index (Phi) is 5.37. The van der Waals surface area contributed by atoms with Crippen molar-refractivity contribution in [1.29, 1.82) is 0 Å². The summed E-state index contributed by atoms with van der Waals surface area (Å²) >= 11 is 0. The molecule has 8 heavy (non-hydrogen) atoms. The van der Waals surface area contributed by atoms with Gasteiger partial charge in [0, 0.05) is 14.2 Å². The molecule has 0 fully saturated rings. The largest absolute Gasteiger partial charge is 0.360 e. The topological polar surface area (TPSA) is 18.5 Å². The van der Waals surface area contributed by atoms with E-state index in [4.69, 9.17) is 9.47 Å². The monoisotopic (exact) mass is 134 g/mol. The molecule has 0 aromatic heterocycles. The summed E-state index contributed by atoms with van der Waals surface area (Å²) in [6.07, 6.45) is 0. The van der Waals surface area contributed by atoms with Crippen LogP contribution in [0.1, 0.15) is 6.92 Å². The lowest BCUT2D eigenvalue weighted by molar-refractivity contribution is -0.0440. The minimum absolute atomic E-state index is 0.109. The zero-order valence-electron chi connectivity index (χ0n) is 5.81. The van der Waals surface area contributed by atoms with Gasteiger partial charge >= 0.3 is 0 Å². The van der Waals surface area contributed by atoms with Crippen LogP contribution in [0, 0.1) is 0 Å². The SMILES string of the molecule is CC[SiH2]C(OC)OC. The van der Waals surface area contributed by atoms with Gasteiger partial charge in [-0.25, -0.2) is 0 Å². The van der Waals surface area contributed by atoms with Crippen molar-refractivity contribution in [3.8, 4) is 0 Å². The third-order valence-corrected chi connectivity index (χ3v) is 2.77. The predicted molar refractivity (Wildman–Crippen MR) is 36.8 cm³/mol. The fourth-order valence-corrected chi connectivity index (χ4v) is 1.51. The van der Waals surface area contributed by atoms with Gasteiger partial charge in [0.1, 0.15) is 5.91 Å². The zero-order valence-corrected chi connectivity index (χ0v) is 7.22. The predicted octanol–water partition coefficient (Wildman–Crippen LogP) is 0.170. The molecule has 0 heterocycles. The van der Waals surface area contributed by atoms with Gasteiger partial charge in [0.15, 0.2) is 0 Å². The lowest BCUT2D eigenvalue weighted by Crippen LogP contribution is -2.20. The van der Waals surface area contributed by atoms with Crippen molar-refractivity contribution in [1.82, 2.24) is 0 Å². The number of methoxy groups -OCH3 is 2. The fourth-order valence-electron chi connectivity index (χ4n) is 0.568. The molecule has 0 rings (SSSR count). The van der Waals surface area contributed by atoms with Crippen molar-refractivity contribution in [3.05, 3.63) is 0 Å². The van der Waals surface area contributed by atoms with Crippen molar-refractivity contribution in [2.75, 3.05) is 14.2 Å². The Morgan fingerprint density at radius 3 is 2.00 bits per heavy atom. The third kappa shape index (κ3) is 3.18. The Morgan fingerprint density at radius 1 is 1.38 bits per heavy atom. The average Bonchev–Trinajstić information content (AvgIpc) is 1.83. The molecule has 0 aromatic carbocycles. The summed E-state index contributed by atoms with van der Waals surface area (Å²) in [5.74, 6) is 0.139. The van der Waals surface area contributed by atoms with Crippen molar-refractivity contribution < 1.29 is 9.47 Å². The van der Waals surface area contributed by atoms with E-state index < -0.39 is 0 Å². The highest BCUT2D eigenvalue weighted by Crippen LogP contribution is 1.89. The molecule has 3 heteroatoms. The molecule has 0 bridgehead atoms. The van der Waals surface area contributed by atoms with Crippen molar-refractivity contribution in [3.63, 3.8) is 0 Å². The molecule has 0 atom stereocenters. The lowest BCUT2D eigenvalue weighted by Gasteiger charge is -2.09. The van der Waals surface area contributed by atoms with E-state index in [1.165, 1.54) is 6.04 Å². The van der Waals surface area contributed by atoms with E-state index >= 15 is 0 Å². The van der Waals surface area contributed by atoms with Crippen LogP contribution >= 0.6 is 0 Å². The second kappa shape index (κ2) is 5.28. The molecule has 0 radical (unpaired) electrons. The molecular formula is C5H14O2Si. The average molecular weight is 134 g/mol. The molecule has 0 N–H and O–H groups in total. The molecule has 0 aromatic rings. The Morgan fingerprint density at radius 2 is 1.88 bits per heavy atom. The fraction of sp³-hybridized carbons (Fsp3) is 1.00. The van der Waals surface area contributed by atoms with Gasteiger partial charge in [-0.05, 0) is 0 Å². The van der Waals surface area contributed by atoms with Crippen LogP contribution in [0.5, 0.6) is 0 Å². The second-order valence-corrected chi connectivity index (χ2v) is 3.93. The molecule has 0 amide bonds. The molecule has 0 saturated carbocycles. The molecule has 0 spiro atoms. The van der Waals surface area contributed by atoms with Crippen LogP contribution in [0.3, 0.4) is 0 Å². The van der Waals surface area contributed by atoms with Crippen LogP contribution in [-0.2, 0) is 9.47 Å². The molecule has 0 aliphatic rings. The van der Waals surface area contributed by atoms with Crippen LogP contribution in [0.4, 0.5) is 0 Å². The summed E-state index contributed by atoms with van der Waals surface area (Å²) in [6.45, 7) is 2.16. The van der Waals surface area contributed by atoms with Gasteiger partial charge in [-0.3, -0.25) is 0 Å². The minimum Gasteiger partial charge on any atom is -0.360 e. The second-order valence-electron chi connectivity index (χ2n) is 1.69. The number of hydrogen-bond acceptors (Lipinski definition) is 2. The van der Waals surface area contributed by atoms with E-state index in [9.17, 15) is 0 Å². The van der Waals surface area contributed by atoms with Gasteiger partial charge < -0.3 is 9.47 Å². The summed E-state index contributed by atoms with van der Waals surface area (Å²) in [4.78, 5) is 0. The Hall–Kier alpha value is 0.137. The maximum atomic E-state index is 4.98. The van der Waals surface area contributed by atoms with Crippen molar-refractivity contribution >= 4 is 9.52 Å². The smallest absolute Gasteiger partial charge is 0.134 e. The van der Waals surface area contributed by atoms with Gasteiger partial charge in [0.05, 0.1) is 9.52 Å². The van der Waals surface area contributed by atoms with Gasteiger partial charge in [0.25, 0.3) is 0 Å². The van der Waals surface area contributed by atoms with E-state index in [2.05, 4.69) is 6.92 Å². The lowest BCUT2D eigenvalue weighted by atomic mass is 11.0. The van der Waals surface area contributed by atoms with Crippen LogP contribution in [-0.4, -0.2) is 29.7 Å². The van der Waals surface area contributed by atoms with Crippen molar-refractivity contribution in [2.45, 2.75) is 18.9 Å². The first-order chi connectivity index (χ1) is 3.85.